The molecule has 0 aliphatic heterocycles. The Morgan fingerprint density at radius 3 is 2.37 bits per heavy atom. The first kappa shape index (κ1) is 16.2. The lowest BCUT2D eigenvalue weighted by Gasteiger charge is -2.26. The maximum atomic E-state index is 4.45. The Hall–Kier alpha value is -0.830. The van der Waals surface area contributed by atoms with Gasteiger partial charge in [-0.3, -0.25) is 4.68 Å². The summed E-state index contributed by atoms with van der Waals surface area (Å²) in [6.07, 6.45) is 2.37. The van der Waals surface area contributed by atoms with Crippen molar-refractivity contribution in [2.75, 3.05) is 6.54 Å². The summed E-state index contributed by atoms with van der Waals surface area (Å²) >= 11 is 0. The second-order valence-electron chi connectivity index (χ2n) is 7.23. The highest BCUT2D eigenvalue weighted by atomic mass is 15.3. The van der Waals surface area contributed by atoms with Crippen LogP contribution in [0.4, 0.5) is 0 Å². The summed E-state index contributed by atoms with van der Waals surface area (Å²) in [4.78, 5) is 0. The monoisotopic (exact) mass is 265 g/mol. The molecule has 1 aromatic heterocycles. The summed E-state index contributed by atoms with van der Waals surface area (Å²) in [6.45, 7) is 14.4. The number of hydrogen-bond donors (Lipinski definition) is 1. The van der Waals surface area contributed by atoms with Crippen LogP contribution in [-0.2, 0) is 13.5 Å². The molecule has 0 saturated heterocycles. The molecule has 0 aliphatic carbocycles. The van der Waals surface area contributed by atoms with Crippen LogP contribution in [0, 0.1) is 18.8 Å². The van der Waals surface area contributed by atoms with E-state index >= 15 is 0 Å². The highest BCUT2D eigenvalue weighted by molar-refractivity contribution is 5.09. The largest absolute Gasteiger partial charge is 0.312 e. The number of rotatable bonds is 6. The molecule has 1 heterocycles. The van der Waals surface area contributed by atoms with Crippen LogP contribution >= 0.6 is 0 Å². The average molecular weight is 265 g/mol. The minimum Gasteiger partial charge on any atom is -0.312 e. The summed E-state index contributed by atoms with van der Waals surface area (Å²) in [5.41, 5.74) is 2.65. The first-order valence-corrected chi connectivity index (χ1v) is 7.42. The third-order valence-electron chi connectivity index (χ3n) is 3.32. The summed E-state index contributed by atoms with van der Waals surface area (Å²) in [5, 5.41) is 8.09. The number of hydrogen-bond acceptors (Lipinski definition) is 2. The van der Waals surface area contributed by atoms with Gasteiger partial charge in [-0.1, -0.05) is 13.8 Å². The van der Waals surface area contributed by atoms with Gasteiger partial charge in [0.2, 0.25) is 0 Å². The molecule has 0 aromatic carbocycles. The second-order valence-corrected chi connectivity index (χ2v) is 7.23. The fraction of sp³-hybridized carbons (Fsp3) is 0.812. The molecule has 0 radical (unpaired) electrons. The van der Waals surface area contributed by atoms with Crippen molar-refractivity contribution in [3.8, 4) is 0 Å². The normalized spacial score (nSPS) is 14.1. The van der Waals surface area contributed by atoms with Crippen molar-refractivity contribution in [3.63, 3.8) is 0 Å². The molecule has 1 N–H and O–H groups in total. The minimum atomic E-state index is 0.192. The summed E-state index contributed by atoms with van der Waals surface area (Å²) in [5.74, 6) is 1.41. The van der Waals surface area contributed by atoms with E-state index < -0.39 is 0 Å². The van der Waals surface area contributed by atoms with Gasteiger partial charge in [0, 0.05) is 18.3 Å². The maximum absolute atomic E-state index is 4.45. The van der Waals surface area contributed by atoms with E-state index in [4.69, 9.17) is 0 Å². The lowest BCUT2D eigenvalue weighted by molar-refractivity contribution is 0.327. The van der Waals surface area contributed by atoms with E-state index in [2.05, 4.69) is 58.0 Å². The van der Waals surface area contributed by atoms with Crippen LogP contribution in [0.1, 0.15) is 52.4 Å². The zero-order valence-electron chi connectivity index (χ0n) is 13.7. The average Bonchev–Trinajstić information content (AvgIpc) is 2.52. The van der Waals surface area contributed by atoms with E-state index in [1.54, 1.807) is 0 Å². The number of aryl methyl sites for hydroxylation is 2. The van der Waals surface area contributed by atoms with Gasteiger partial charge in [0.05, 0.1) is 5.69 Å². The van der Waals surface area contributed by atoms with E-state index in [1.807, 2.05) is 11.7 Å². The van der Waals surface area contributed by atoms with E-state index in [1.165, 1.54) is 12.1 Å². The highest BCUT2D eigenvalue weighted by Crippen LogP contribution is 2.18. The lowest BCUT2D eigenvalue weighted by atomic mass is 9.91. The molecule has 0 fully saturated rings. The van der Waals surface area contributed by atoms with E-state index in [0.717, 1.165) is 24.6 Å². The fourth-order valence-electron chi connectivity index (χ4n) is 2.51. The number of aromatic nitrogens is 2. The topological polar surface area (TPSA) is 29.9 Å². The van der Waals surface area contributed by atoms with Gasteiger partial charge >= 0.3 is 0 Å². The van der Waals surface area contributed by atoms with Crippen LogP contribution in [-0.4, -0.2) is 21.9 Å². The molecule has 1 rings (SSSR count). The molecule has 3 heteroatoms. The standard InChI is InChI=1S/C16H31N3/c1-12(2)8-14(11-17-16(4,5)6)10-15-9-13(3)18-19(15)7/h9,12,14,17H,8,10-11H2,1-7H3. The van der Waals surface area contributed by atoms with Crippen molar-refractivity contribution in [1.29, 1.82) is 0 Å². The van der Waals surface area contributed by atoms with Gasteiger partial charge in [-0.05, 0) is 65.0 Å². The molecule has 1 aromatic rings. The van der Waals surface area contributed by atoms with Crippen LogP contribution in [0.3, 0.4) is 0 Å². The van der Waals surface area contributed by atoms with E-state index in [0.29, 0.717) is 5.92 Å². The smallest absolute Gasteiger partial charge is 0.0596 e. The lowest BCUT2D eigenvalue weighted by Crippen LogP contribution is -2.40. The van der Waals surface area contributed by atoms with Crippen molar-refractivity contribution in [3.05, 3.63) is 17.5 Å². The third kappa shape index (κ3) is 6.24. The van der Waals surface area contributed by atoms with Gasteiger partial charge in [-0.2, -0.15) is 5.10 Å². The quantitative estimate of drug-likeness (QED) is 0.855. The van der Waals surface area contributed by atoms with Gasteiger partial charge in [-0.25, -0.2) is 0 Å². The van der Waals surface area contributed by atoms with Crippen molar-refractivity contribution in [2.45, 2.75) is 59.9 Å². The predicted molar refractivity (Wildman–Crippen MR) is 82.3 cm³/mol. The molecule has 3 nitrogen and oxygen atoms in total. The highest BCUT2D eigenvalue weighted by Gasteiger charge is 2.17. The SMILES string of the molecule is Cc1cc(CC(CNC(C)(C)C)CC(C)C)n(C)n1. The van der Waals surface area contributed by atoms with Crippen LogP contribution < -0.4 is 5.32 Å². The van der Waals surface area contributed by atoms with Crippen LogP contribution in [0.15, 0.2) is 6.07 Å². The zero-order chi connectivity index (χ0) is 14.6. The van der Waals surface area contributed by atoms with Crippen LogP contribution in [0.25, 0.3) is 0 Å². The molecule has 0 saturated carbocycles. The number of nitrogens with zero attached hydrogens (tertiary/aromatic N) is 2. The molecule has 19 heavy (non-hydrogen) atoms. The first-order valence-electron chi connectivity index (χ1n) is 7.42. The molecular weight excluding hydrogens is 234 g/mol. The molecule has 110 valence electrons. The first-order chi connectivity index (χ1) is 8.67. The zero-order valence-corrected chi connectivity index (χ0v) is 13.7. The summed E-state index contributed by atoms with van der Waals surface area (Å²) in [7, 11) is 2.05. The second kappa shape index (κ2) is 6.56. The van der Waals surface area contributed by atoms with E-state index in [-0.39, 0.29) is 5.54 Å². The van der Waals surface area contributed by atoms with Gasteiger partial charge in [0.15, 0.2) is 0 Å². The molecule has 1 unspecified atom stereocenters. The number of nitrogens with one attached hydrogen (secondary N) is 1. The molecule has 0 aliphatic rings. The molecule has 0 bridgehead atoms. The molecule has 0 amide bonds. The Bertz CT molecular complexity index is 385. The molecule has 1 atom stereocenters. The van der Waals surface area contributed by atoms with Gasteiger partial charge in [0.1, 0.15) is 0 Å². The molecular formula is C16H31N3. The summed E-state index contributed by atoms with van der Waals surface area (Å²) < 4.78 is 2.03. The summed E-state index contributed by atoms with van der Waals surface area (Å²) in [6, 6.07) is 2.21. The Kier molecular flexibility index (Phi) is 5.60. The van der Waals surface area contributed by atoms with Gasteiger partial charge in [0.25, 0.3) is 0 Å². The van der Waals surface area contributed by atoms with Crippen molar-refractivity contribution in [1.82, 2.24) is 15.1 Å². The Balaban J connectivity index is 2.66. The Morgan fingerprint density at radius 2 is 1.95 bits per heavy atom. The van der Waals surface area contributed by atoms with Gasteiger partial charge in [-0.15, -0.1) is 0 Å². The van der Waals surface area contributed by atoms with Crippen LogP contribution in [0.2, 0.25) is 0 Å². The maximum Gasteiger partial charge on any atom is 0.0596 e. The minimum absolute atomic E-state index is 0.192. The van der Waals surface area contributed by atoms with Crippen molar-refractivity contribution in [2.24, 2.45) is 18.9 Å². The van der Waals surface area contributed by atoms with Crippen molar-refractivity contribution < 1.29 is 0 Å². The molecule has 0 spiro atoms. The van der Waals surface area contributed by atoms with E-state index in [9.17, 15) is 0 Å². The third-order valence-corrected chi connectivity index (χ3v) is 3.32. The van der Waals surface area contributed by atoms with Gasteiger partial charge < -0.3 is 5.32 Å². The van der Waals surface area contributed by atoms with Crippen LogP contribution in [0.5, 0.6) is 0 Å². The van der Waals surface area contributed by atoms with Crippen molar-refractivity contribution >= 4 is 0 Å². The predicted octanol–water partition coefficient (Wildman–Crippen LogP) is 3.32. The fourth-order valence-corrected chi connectivity index (χ4v) is 2.51. The Labute approximate surface area is 118 Å². The Morgan fingerprint density at radius 1 is 1.32 bits per heavy atom.